The Kier molecular flexibility index (Phi) is 5.14. The molecule has 0 aliphatic carbocycles. The zero-order valence-corrected chi connectivity index (χ0v) is 14.1. The van der Waals surface area contributed by atoms with E-state index >= 15 is 0 Å². The second-order valence-corrected chi connectivity index (χ2v) is 5.60. The summed E-state index contributed by atoms with van der Waals surface area (Å²) in [6, 6.07) is 14.1. The smallest absolute Gasteiger partial charge is 0.216 e. The number of rotatable bonds is 5. The van der Waals surface area contributed by atoms with Gasteiger partial charge in [0, 0.05) is 16.9 Å². The Hall–Kier alpha value is -3.08. The number of benzene rings is 2. The summed E-state index contributed by atoms with van der Waals surface area (Å²) in [5.41, 5.74) is 0.892. The molecule has 124 valence electrons. The van der Waals surface area contributed by atoms with Crippen LogP contribution in [0.15, 0.2) is 48.7 Å². The van der Waals surface area contributed by atoms with Gasteiger partial charge in [0.05, 0.1) is 5.02 Å². The van der Waals surface area contributed by atoms with Crippen molar-refractivity contribution in [2.75, 3.05) is 5.32 Å². The molecule has 0 aliphatic rings. The van der Waals surface area contributed by atoms with Crippen molar-refractivity contribution in [1.29, 1.82) is 5.26 Å². The number of hydrogen-bond acceptors (Lipinski definition) is 6. The van der Waals surface area contributed by atoms with Crippen molar-refractivity contribution in [1.82, 2.24) is 20.6 Å². The van der Waals surface area contributed by atoms with E-state index in [0.29, 0.717) is 27.2 Å². The normalized spacial score (nSPS) is 11.0. The number of nitriles is 1. The fraction of sp³-hybridized carbons (Fsp3) is 0. The van der Waals surface area contributed by atoms with Crippen molar-refractivity contribution in [3.63, 3.8) is 0 Å². The van der Waals surface area contributed by atoms with Gasteiger partial charge in [-0.25, -0.2) is 0 Å². The van der Waals surface area contributed by atoms with E-state index in [9.17, 15) is 0 Å². The van der Waals surface area contributed by atoms with E-state index < -0.39 is 0 Å². The van der Waals surface area contributed by atoms with Crippen LogP contribution in [0.1, 0.15) is 5.82 Å². The molecule has 0 spiro atoms. The molecule has 2 N–H and O–H groups in total. The van der Waals surface area contributed by atoms with Crippen LogP contribution in [0.3, 0.4) is 0 Å². The minimum Gasteiger partial charge on any atom is -0.456 e. The molecule has 0 radical (unpaired) electrons. The van der Waals surface area contributed by atoms with Crippen molar-refractivity contribution in [3.05, 3.63) is 64.5 Å². The molecule has 0 bridgehead atoms. The van der Waals surface area contributed by atoms with Crippen molar-refractivity contribution in [2.45, 2.75) is 0 Å². The third kappa shape index (κ3) is 4.26. The molecule has 0 saturated carbocycles. The van der Waals surface area contributed by atoms with Crippen LogP contribution in [0.5, 0.6) is 11.5 Å². The number of H-pyrrole nitrogens is 1. The average Bonchev–Trinajstić information content (AvgIpc) is 3.12. The van der Waals surface area contributed by atoms with E-state index in [2.05, 4.69) is 25.9 Å². The molecule has 3 rings (SSSR count). The number of nitrogens with zero attached hydrogens (tertiary/aromatic N) is 4. The van der Waals surface area contributed by atoms with Crippen LogP contribution in [0.25, 0.3) is 5.57 Å². The molecule has 2 aromatic carbocycles. The molecule has 0 amide bonds. The molecule has 3 aromatic rings. The van der Waals surface area contributed by atoms with Gasteiger partial charge < -0.3 is 10.1 Å². The molecule has 9 heteroatoms. The maximum Gasteiger partial charge on any atom is 0.216 e. The number of nitrogens with one attached hydrogen (secondary N) is 2. The number of halogens is 2. The summed E-state index contributed by atoms with van der Waals surface area (Å²) in [6.45, 7) is 0. The van der Waals surface area contributed by atoms with Gasteiger partial charge in [-0.15, -0.1) is 10.2 Å². The van der Waals surface area contributed by atoms with Crippen LogP contribution in [-0.2, 0) is 0 Å². The summed E-state index contributed by atoms with van der Waals surface area (Å²) in [4.78, 5) is 0. The lowest BCUT2D eigenvalue weighted by molar-refractivity contribution is 0.483. The zero-order chi connectivity index (χ0) is 17.6. The predicted octanol–water partition coefficient (Wildman–Crippen LogP) is 4.28. The van der Waals surface area contributed by atoms with Crippen LogP contribution >= 0.6 is 23.2 Å². The summed E-state index contributed by atoms with van der Waals surface area (Å²) in [7, 11) is 0. The van der Waals surface area contributed by atoms with E-state index in [-0.39, 0.29) is 11.4 Å². The molecule has 0 saturated heterocycles. The van der Waals surface area contributed by atoms with E-state index in [1.165, 1.54) is 6.20 Å². The first kappa shape index (κ1) is 16.8. The maximum atomic E-state index is 9.12. The number of aromatic amines is 1. The van der Waals surface area contributed by atoms with Crippen molar-refractivity contribution >= 4 is 34.5 Å². The highest BCUT2D eigenvalue weighted by Gasteiger charge is 2.07. The van der Waals surface area contributed by atoms with Gasteiger partial charge in [-0.2, -0.15) is 10.5 Å². The minimum atomic E-state index is 0.196. The zero-order valence-electron chi connectivity index (χ0n) is 12.6. The molecule has 25 heavy (non-hydrogen) atoms. The average molecular weight is 373 g/mol. The van der Waals surface area contributed by atoms with Crippen LogP contribution in [-0.4, -0.2) is 20.6 Å². The second kappa shape index (κ2) is 7.66. The Morgan fingerprint density at radius 2 is 2.12 bits per heavy atom. The van der Waals surface area contributed by atoms with E-state index in [4.69, 9.17) is 33.2 Å². The standard InChI is InChI=1S/C16H10Cl2N6O/c17-11-2-1-3-13(6-11)25-15-5-4-12(7-14(15)18)20-9-10(8-19)16-21-23-24-22-16/h1-7,9,20H,(H,21,22,23,24). The first-order chi connectivity index (χ1) is 12.2. The summed E-state index contributed by atoms with van der Waals surface area (Å²) < 4.78 is 5.71. The van der Waals surface area contributed by atoms with Crippen LogP contribution < -0.4 is 10.1 Å². The Morgan fingerprint density at radius 3 is 2.80 bits per heavy atom. The molecule has 1 heterocycles. The van der Waals surface area contributed by atoms with Gasteiger partial charge >= 0.3 is 0 Å². The summed E-state index contributed by atoms with van der Waals surface area (Å²) in [6.07, 6.45) is 1.47. The second-order valence-electron chi connectivity index (χ2n) is 4.75. The lowest BCUT2D eigenvalue weighted by Gasteiger charge is -2.09. The van der Waals surface area contributed by atoms with Crippen LogP contribution in [0.2, 0.25) is 10.0 Å². The van der Waals surface area contributed by atoms with E-state index in [1.807, 2.05) is 6.07 Å². The highest BCUT2D eigenvalue weighted by Crippen LogP contribution is 2.32. The lowest BCUT2D eigenvalue weighted by atomic mass is 10.2. The number of aromatic nitrogens is 4. The topological polar surface area (TPSA) is 99.5 Å². The fourth-order valence-electron chi connectivity index (χ4n) is 1.91. The monoisotopic (exact) mass is 372 g/mol. The Balaban J connectivity index is 1.75. The third-order valence-corrected chi connectivity index (χ3v) is 3.58. The molecule has 1 aromatic heterocycles. The molecule has 0 fully saturated rings. The number of ether oxygens (including phenoxy) is 1. The SMILES string of the molecule is N#CC(=CNc1ccc(Oc2cccc(Cl)c2)c(Cl)c1)c1nn[nH]n1. The number of allylic oxidation sites excluding steroid dienone is 1. The largest absolute Gasteiger partial charge is 0.456 e. The molecular formula is C16H10Cl2N6O. The van der Waals surface area contributed by atoms with Gasteiger partial charge in [-0.05, 0) is 41.6 Å². The lowest BCUT2D eigenvalue weighted by Crippen LogP contribution is -1.93. The van der Waals surface area contributed by atoms with Gasteiger partial charge in [-0.1, -0.05) is 29.3 Å². The van der Waals surface area contributed by atoms with E-state index in [1.54, 1.807) is 42.5 Å². The first-order valence-corrected chi connectivity index (χ1v) is 7.75. The Bertz CT molecular complexity index is 950. The Morgan fingerprint density at radius 1 is 1.24 bits per heavy atom. The van der Waals surface area contributed by atoms with Crippen molar-refractivity contribution < 1.29 is 4.74 Å². The molecule has 7 nitrogen and oxygen atoms in total. The fourth-order valence-corrected chi connectivity index (χ4v) is 2.31. The Labute approximate surface area is 152 Å². The minimum absolute atomic E-state index is 0.196. The first-order valence-electron chi connectivity index (χ1n) is 6.99. The number of anilines is 1. The highest BCUT2D eigenvalue weighted by atomic mass is 35.5. The third-order valence-electron chi connectivity index (χ3n) is 3.05. The van der Waals surface area contributed by atoms with Crippen molar-refractivity contribution in [3.8, 4) is 17.6 Å². The molecular weight excluding hydrogens is 363 g/mol. The highest BCUT2D eigenvalue weighted by molar-refractivity contribution is 6.32. The van der Waals surface area contributed by atoms with E-state index in [0.717, 1.165) is 0 Å². The summed E-state index contributed by atoms with van der Waals surface area (Å²) in [5, 5.41) is 26.3. The molecule has 0 unspecified atom stereocenters. The van der Waals surface area contributed by atoms with Gasteiger partial charge in [0.1, 0.15) is 23.1 Å². The van der Waals surface area contributed by atoms with Crippen molar-refractivity contribution in [2.24, 2.45) is 0 Å². The maximum absolute atomic E-state index is 9.12. The van der Waals surface area contributed by atoms with Crippen LogP contribution in [0, 0.1) is 11.3 Å². The summed E-state index contributed by atoms with van der Waals surface area (Å²) >= 11 is 12.2. The van der Waals surface area contributed by atoms with Crippen LogP contribution in [0.4, 0.5) is 5.69 Å². The van der Waals surface area contributed by atoms with Gasteiger partial charge in [-0.3, -0.25) is 0 Å². The molecule has 0 aliphatic heterocycles. The molecule has 0 atom stereocenters. The quantitative estimate of drug-likeness (QED) is 0.648. The van der Waals surface area contributed by atoms with Gasteiger partial charge in [0.15, 0.2) is 0 Å². The summed E-state index contributed by atoms with van der Waals surface area (Å²) in [5.74, 6) is 1.26. The van der Waals surface area contributed by atoms with Gasteiger partial charge in [0.25, 0.3) is 0 Å². The predicted molar refractivity (Wildman–Crippen MR) is 94.4 cm³/mol. The number of hydrogen-bond donors (Lipinski definition) is 2. The number of tetrazole rings is 1. The van der Waals surface area contributed by atoms with Gasteiger partial charge in [0.2, 0.25) is 5.82 Å².